The fraction of sp³-hybridized carbons (Fsp3) is 0.696. The van der Waals surface area contributed by atoms with Crippen LogP contribution in [-0.4, -0.2) is 111 Å². The summed E-state index contributed by atoms with van der Waals surface area (Å²) in [6, 6.07) is 6.11. The van der Waals surface area contributed by atoms with Gasteiger partial charge in [-0.25, -0.2) is 0 Å². The van der Waals surface area contributed by atoms with Gasteiger partial charge in [0.25, 0.3) is 0 Å². The average molecular weight is 433 g/mol. The van der Waals surface area contributed by atoms with Gasteiger partial charge in [0.05, 0.1) is 26.5 Å². The lowest BCUT2D eigenvalue weighted by atomic mass is 9.93. The van der Waals surface area contributed by atoms with E-state index in [1.165, 1.54) is 5.56 Å². The Hall–Kier alpha value is -1.87. The molecule has 8 heteroatoms. The molecule has 4 rings (SSSR count). The zero-order chi connectivity index (χ0) is 22.0. The van der Waals surface area contributed by atoms with Crippen LogP contribution in [0.5, 0.6) is 11.5 Å². The number of likely N-dealkylation sites (tertiary alicyclic amines) is 1. The second kappa shape index (κ2) is 9.32. The molecule has 0 radical (unpaired) electrons. The number of benzene rings is 1. The standard InChI is InChI=1S/C23H36N4O4/c1-24-11-12-26-19(17-24)22(28)27(13-14-29-2)23(26)7-9-25(10-8-23)16-18-5-6-20(30-3)21(15-18)31-4/h5-6,15,19H,7-14,16-17H2,1-4H3/t19-/m1/s1. The van der Waals surface area contributed by atoms with Crippen molar-refractivity contribution in [2.75, 3.05) is 74.3 Å². The van der Waals surface area contributed by atoms with Crippen molar-refractivity contribution in [3.8, 4) is 11.5 Å². The number of piperazine rings is 1. The van der Waals surface area contributed by atoms with Crippen LogP contribution in [0.1, 0.15) is 18.4 Å². The van der Waals surface area contributed by atoms with E-state index in [2.05, 4.69) is 38.8 Å². The van der Waals surface area contributed by atoms with E-state index in [-0.39, 0.29) is 17.6 Å². The number of amides is 1. The summed E-state index contributed by atoms with van der Waals surface area (Å²) in [5.74, 6) is 1.79. The van der Waals surface area contributed by atoms with Crippen molar-refractivity contribution in [1.82, 2.24) is 19.6 Å². The summed E-state index contributed by atoms with van der Waals surface area (Å²) in [5.41, 5.74) is 1.04. The van der Waals surface area contributed by atoms with Gasteiger partial charge in [0.1, 0.15) is 6.04 Å². The number of rotatable bonds is 7. The molecule has 0 bridgehead atoms. The summed E-state index contributed by atoms with van der Waals surface area (Å²) in [7, 11) is 7.15. The van der Waals surface area contributed by atoms with E-state index in [0.29, 0.717) is 13.2 Å². The first-order valence-electron chi connectivity index (χ1n) is 11.2. The summed E-state index contributed by atoms with van der Waals surface area (Å²) in [6.07, 6.45) is 1.94. The molecule has 0 N–H and O–H groups in total. The van der Waals surface area contributed by atoms with Crippen LogP contribution in [-0.2, 0) is 16.1 Å². The number of piperidine rings is 1. The topological polar surface area (TPSA) is 57.7 Å². The average Bonchev–Trinajstić information content (AvgIpc) is 3.00. The number of carbonyl (C=O) groups is 1. The van der Waals surface area contributed by atoms with E-state index < -0.39 is 0 Å². The first-order valence-corrected chi connectivity index (χ1v) is 11.2. The molecule has 1 aromatic rings. The van der Waals surface area contributed by atoms with Crippen LogP contribution in [0.25, 0.3) is 0 Å². The van der Waals surface area contributed by atoms with E-state index in [1.54, 1.807) is 21.3 Å². The largest absolute Gasteiger partial charge is 0.493 e. The van der Waals surface area contributed by atoms with E-state index >= 15 is 0 Å². The molecule has 3 aliphatic rings. The van der Waals surface area contributed by atoms with E-state index in [0.717, 1.165) is 63.6 Å². The molecule has 172 valence electrons. The highest BCUT2D eigenvalue weighted by Gasteiger charge is 2.57. The highest BCUT2D eigenvalue weighted by molar-refractivity contribution is 5.85. The van der Waals surface area contributed by atoms with Gasteiger partial charge in [-0.2, -0.15) is 0 Å². The predicted octanol–water partition coefficient (Wildman–Crippen LogP) is 1.10. The lowest BCUT2D eigenvalue weighted by molar-refractivity contribution is -0.135. The molecule has 3 fully saturated rings. The highest BCUT2D eigenvalue weighted by Crippen LogP contribution is 2.41. The van der Waals surface area contributed by atoms with Crippen LogP contribution in [0.2, 0.25) is 0 Å². The third kappa shape index (κ3) is 4.14. The number of fused-ring (bicyclic) bond motifs is 2. The summed E-state index contributed by atoms with van der Waals surface area (Å²) in [6.45, 7) is 6.83. The quantitative estimate of drug-likeness (QED) is 0.640. The predicted molar refractivity (Wildman–Crippen MR) is 118 cm³/mol. The number of nitrogens with zero attached hydrogens (tertiary/aromatic N) is 4. The maximum atomic E-state index is 13.3. The first kappa shape index (κ1) is 22.3. The smallest absolute Gasteiger partial charge is 0.242 e. The van der Waals surface area contributed by atoms with Gasteiger partial charge >= 0.3 is 0 Å². The van der Waals surface area contributed by atoms with Gasteiger partial charge in [0.2, 0.25) is 5.91 Å². The third-order valence-electron chi connectivity index (χ3n) is 7.20. The molecule has 1 atom stereocenters. The second-order valence-electron chi connectivity index (χ2n) is 8.90. The maximum Gasteiger partial charge on any atom is 0.242 e. The molecule has 3 saturated heterocycles. The first-order chi connectivity index (χ1) is 15.0. The summed E-state index contributed by atoms with van der Waals surface area (Å²) in [5, 5.41) is 0. The van der Waals surface area contributed by atoms with Crippen molar-refractivity contribution in [2.24, 2.45) is 0 Å². The number of hydrogen-bond donors (Lipinski definition) is 0. The van der Waals surface area contributed by atoms with Crippen LogP contribution in [0.3, 0.4) is 0 Å². The molecule has 8 nitrogen and oxygen atoms in total. The van der Waals surface area contributed by atoms with Crippen molar-refractivity contribution in [3.63, 3.8) is 0 Å². The number of likely N-dealkylation sites (N-methyl/N-ethyl adjacent to an activating group) is 1. The van der Waals surface area contributed by atoms with Crippen molar-refractivity contribution in [2.45, 2.75) is 31.1 Å². The van der Waals surface area contributed by atoms with Crippen LogP contribution in [0.4, 0.5) is 0 Å². The van der Waals surface area contributed by atoms with Gasteiger partial charge in [0, 0.05) is 52.9 Å². The molecule has 31 heavy (non-hydrogen) atoms. The van der Waals surface area contributed by atoms with Gasteiger partial charge < -0.3 is 24.0 Å². The van der Waals surface area contributed by atoms with Crippen LogP contribution >= 0.6 is 0 Å². The Morgan fingerprint density at radius 1 is 1.03 bits per heavy atom. The minimum atomic E-state index is -0.171. The van der Waals surface area contributed by atoms with Crippen molar-refractivity contribution in [3.05, 3.63) is 23.8 Å². The number of hydrogen-bond acceptors (Lipinski definition) is 7. The minimum absolute atomic E-state index is 0.0204. The van der Waals surface area contributed by atoms with Gasteiger partial charge in [-0.15, -0.1) is 0 Å². The van der Waals surface area contributed by atoms with Crippen molar-refractivity contribution >= 4 is 5.91 Å². The molecular weight excluding hydrogens is 396 g/mol. The fourth-order valence-corrected chi connectivity index (χ4v) is 5.53. The number of carbonyl (C=O) groups excluding carboxylic acids is 1. The van der Waals surface area contributed by atoms with E-state index in [4.69, 9.17) is 14.2 Å². The zero-order valence-electron chi connectivity index (χ0n) is 19.3. The Balaban J connectivity index is 1.47. The Bertz CT molecular complexity index is 781. The number of ether oxygens (including phenoxy) is 3. The summed E-state index contributed by atoms with van der Waals surface area (Å²) >= 11 is 0. The minimum Gasteiger partial charge on any atom is -0.493 e. The molecule has 3 heterocycles. The highest BCUT2D eigenvalue weighted by atomic mass is 16.5. The van der Waals surface area contributed by atoms with Crippen LogP contribution in [0, 0.1) is 0 Å². The second-order valence-corrected chi connectivity index (χ2v) is 8.90. The van der Waals surface area contributed by atoms with Crippen LogP contribution in [0.15, 0.2) is 18.2 Å². The summed E-state index contributed by atoms with van der Waals surface area (Å²) in [4.78, 5) is 22.7. The SMILES string of the molecule is COCCN1C(=O)[C@H]2CN(C)CCN2C12CCN(Cc1ccc(OC)c(OC)c1)CC2. The van der Waals surface area contributed by atoms with Gasteiger partial charge in [-0.1, -0.05) is 6.07 Å². The molecule has 1 amide bonds. The van der Waals surface area contributed by atoms with E-state index in [1.807, 2.05) is 6.07 Å². The fourth-order valence-electron chi connectivity index (χ4n) is 5.53. The van der Waals surface area contributed by atoms with Crippen molar-refractivity contribution < 1.29 is 19.0 Å². The van der Waals surface area contributed by atoms with Crippen LogP contribution < -0.4 is 9.47 Å². The molecule has 1 aromatic carbocycles. The monoisotopic (exact) mass is 432 g/mol. The molecular formula is C23H36N4O4. The number of methoxy groups -OCH3 is 3. The van der Waals surface area contributed by atoms with Crippen molar-refractivity contribution in [1.29, 1.82) is 0 Å². The lowest BCUT2D eigenvalue weighted by Gasteiger charge is -2.50. The van der Waals surface area contributed by atoms with Gasteiger partial charge in [-0.3, -0.25) is 14.6 Å². The molecule has 3 aliphatic heterocycles. The molecule has 0 unspecified atom stereocenters. The normalized spacial score (nSPS) is 24.6. The molecule has 0 saturated carbocycles. The Labute approximate surface area is 185 Å². The van der Waals surface area contributed by atoms with E-state index in [9.17, 15) is 4.79 Å². The Morgan fingerprint density at radius 3 is 2.45 bits per heavy atom. The lowest BCUT2D eigenvalue weighted by Crippen LogP contribution is -2.63. The molecule has 0 aliphatic carbocycles. The Kier molecular flexibility index (Phi) is 6.71. The zero-order valence-corrected chi connectivity index (χ0v) is 19.3. The maximum absolute atomic E-state index is 13.3. The van der Waals surface area contributed by atoms with Gasteiger partial charge in [-0.05, 0) is 37.6 Å². The summed E-state index contributed by atoms with van der Waals surface area (Å²) < 4.78 is 16.2. The Morgan fingerprint density at radius 2 is 1.77 bits per heavy atom. The molecule has 1 spiro atoms. The van der Waals surface area contributed by atoms with Gasteiger partial charge in [0.15, 0.2) is 11.5 Å². The third-order valence-corrected chi connectivity index (χ3v) is 7.20. The molecule has 0 aromatic heterocycles.